The van der Waals surface area contributed by atoms with Gasteiger partial charge in [0.05, 0.1) is 97.7 Å². The molecule has 9 heterocycles. The molecule has 3 saturated heterocycles. The molecule has 35 heteroatoms. The molecule has 8 aromatic rings. The van der Waals surface area contributed by atoms with Crippen LogP contribution in [0.15, 0.2) is 195 Å². The number of phenols is 2. The van der Waals surface area contributed by atoms with E-state index in [1.165, 1.54) is 24.3 Å². The van der Waals surface area contributed by atoms with Crippen molar-refractivity contribution in [2.24, 2.45) is 11.8 Å². The Labute approximate surface area is 853 Å². The average molecular weight is 2310 g/mol. The van der Waals surface area contributed by atoms with Crippen molar-refractivity contribution >= 4 is 162 Å². The molecule has 0 aliphatic carbocycles. The van der Waals surface area contributed by atoms with Crippen molar-refractivity contribution in [1.82, 2.24) is 0 Å². The monoisotopic (exact) mass is 2300 g/mol. The van der Waals surface area contributed by atoms with Crippen LogP contribution in [-0.4, -0.2) is 167 Å². The third-order valence-electron chi connectivity index (χ3n) is 22.0. The maximum absolute atomic E-state index is 12.4. The molecule has 2 bridgehead atoms. The van der Waals surface area contributed by atoms with E-state index >= 15 is 0 Å². The molecule has 0 spiro atoms. The number of benzene rings is 8. The summed E-state index contributed by atoms with van der Waals surface area (Å²) in [5.41, 5.74) is 3.52. The Morgan fingerprint density at radius 1 is 0.511 bits per heavy atom. The standard InChI is InChI=1S/2C13H13BrO3.C13H15BrO2.C12H13BrO3.C12H15BrO3.C12H13BrO3.C9H10O3.C7H5BrO2.C5H8O.B.Mn.Na.2O.H/c2*1-13-4-5-16-7-10(13)12(15)9-6-8(14)2-3-11(9)17-13;1-3-6-13(2)8-11(15)10-7-9(14)4-5-12(10)16-13;1-12-5-10(15-11(14)6-12)8-4-7(13)2-3-9(8)16-12;2*1-12(4-5-14)7-10(15)9-6-8(13)2-3-11(9)16-12;1-2-12-9(11)7-5-3-4-6-8(7)10;8-6-1-2-7(10)5(3-6)4-9;1-5(2)3-4-6;;;;;;/h2*2-3,6,10H,4-5,7H2,1H3;4-5,7H,3,6,8H2,1-2H3;2-4,10-11,14H,5-6H2,1H3;2-3,6,10,14-15H,4-5,7H2,1H3;2-3,6,14H,4-5,7H2,1H3;3-6,10H,2H2,1H3;1-4,10H;3-4H,1-2H3;;;;;;/q;;;;;;;;;;;+1;;;-1/t10?,13-;10-,13-;;;;;;;;;;;;;/m00............./s1. The Morgan fingerprint density at radius 3 is 1.34 bits per heavy atom. The van der Waals surface area contributed by atoms with E-state index in [1.54, 1.807) is 43.3 Å². The Bertz CT molecular complexity index is 5200. The van der Waals surface area contributed by atoms with E-state index in [2.05, 4.69) is 118 Å². The zero-order chi connectivity index (χ0) is 94.9. The molecule has 3 radical (unpaired) electrons. The van der Waals surface area contributed by atoms with Gasteiger partial charge in [-0.1, -0.05) is 143 Å². The molecule has 131 heavy (non-hydrogen) atoms. The van der Waals surface area contributed by atoms with Gasteiger partial charge in [0.25, 0.3) is 0 Å². The first-order valence-corrected chi connectivity index (χ1v) is 47.9. The molecule has 9 aliphatic rings. The molecule has 0 aromatic heterocycles. The van der Waals surface area contributed by atoms with Crippen LogP contribution in [0.5, 0.6) is 46.0 Å². The van der Waals surface area contributed by atoms with Gasteiger partial charge in [0.2, 0.25) is 0 Å². The predicted molar refractivity (Wildman–Crippen MR) is 509 cm³/mol. The molecule has 3 fully saturated rings. The summed E-state index contributed by atoms with van der Waals surface area (Å²) in [5, 5.41) is 55.9. The van der Waals surface area contributed by atoms with E-state index in [1.807, 2.05) is 152 Å². The van der Waals surface area contributed by atoms with Gasteiger partial charge in [0, 0.05) is 109 Å². The van der Waals surface area contributed by atoms with Gasteiger partial charge >= 0.3 is 58.0 Å². The topological polar surface area (TPSA) is 367 Å². The number of ketones is 4. The fraction of sp³-hybridized carbons (Fsp3) is 0.406. The molecule has 17 rings (SSSR count). The third-order valence-corrected chi connectivity index (χ3v) is 25.5. The number of ether oxygens (including phenoxy) is 10. The summed E-state index contributed by atoms with van der Waals surface area (Å²) in [5.74, 6) is 3.91. The molecule has 6 N–H and O–H groups in total. The van der Waals surface area contributed by atoms with Crippen LogP contribution in [0.25, 0.3) is 0 Å². The molecule has 0 saturated carbocycles. The summed E-state index contributed by atoms with van der Waals surface area (Å²) in [6, 6.07) is 44.7. The zero-order valence-corrected chi connectivity index (χ0v) is 88.6. The first kappa shape index (κ1) is 113. The van der Waals surface area contributed by atoms with Crippen molar-refractivity contribution in [3.63, 3.8) is 0 Å². The van der Waals surface area contributed by atoms with Crippen molar-refractivity contribution < 1.29 is 165 Å². The van der Waals surface area contributed by atoms with Crippen LogP contribution >= 0.6 is 112 Å². The van der Waals surface area contributed by atoms with Gasteiger partial charge in [-0.25, -0.2) is 4.79 Å². The van der Waals surface area contributed by atoms with Gasteiger partial charge in [-0.3, -0.25) is 28.8 Å². The Balaban J connectivity index is 0.000000263. The van der Waals surface area contributed by atoms with Crippen LogP contribution in [0.4, 0.5) is 0 Å². The molecule has 8 unspecified atom stereocenters. The van der Waals surface area contributed by atoms with Crippen LogP contribution in [0.1, 0.15) is 227 Å². The molecule has 11 atom stereocenters. The number of aldehydes is 2. The van der Waals surface area contributed by atoms with E-state index in [-0.39, 0.29) is 122 Å². The second-order valence-corrected chi connectivity index (χ2v) is 39.7. The number of hydrogen-bond acceptors (Lipinski definition) is 25. The van der Waals surface area contributed by atoms with Gasteiger partial charge in [0.15, 0.2) is 35.7 Å². The SMILES string of the molecule is CC(C)=CC=O.CC1(CCO)CC(=O)c2cc(Br)ccc2O1.CC1(CCO)CC(O)c2cc(Br)ccc2O1.CC12CC(O)OC(C1)c1cc(Br)ccc1O2.CCCC1(C)CC(=O)c2cc(Br)ccc2O1.CCOC(=O)c1ccccc1O.C[C@]12CCOCC1C(=O)c1cc(Br)ccc1O2.C[C@]12CCOC[C@H]1C(=O)c1cc(Br)ccc1O2.O=Cc1cc(Br)ccc1O.[B].[H-].[Na+].[O]=[Mn]=[O]. The van der Waals surface area contributed by atoms with Crippen molar-refractivity contribution in [2.75, 3.05) is 46.2 Å². The number of carbonyl (C=O) groups excluding carboxylic acids is 7. The number of aliphatic hydroxyl groups is 4. The van der Waals surface area contributed by atoms with Gasteiger partial charge in [0.1, 0.15) is 91.5 Å². The second-order valence-electron chi connectivity index (χ2n) is 33.1. The minimum absolute atomic E-state index is 0. The summed E-state index contributed by atoms with van der Waals surface area (Å²) in [6.45, 7) is 22.0. The van der Waals surface area contributed by atoms with Crippen LogP contribution in [0.3, 0.4) is 0 Å². The van der Waals surface area contributed by atoms with Gasteiger partial charge in [-0.15, -0.1) is 0 Å². The number of Topliss-reactive ketones (excluding diaryl/α,β-unsaturated/α-hetero) is 4. The summed E-state index contributed by atoms with van der Waals surface area (Å²) in [6.07, 6.45) is 8.69. The number of phenolic OH excluding ortho intramolecular Hbond substituents is 2. The minimum atomic E-state index is -1.44. The van der Waals surface area contributed by atoms with Gasteiger partial charge in [-0.05, 0) is 214 Å². The molecule has 0 amide bonds. The number of carbonyl (C=O) groups is 7. The van der Waals surface area contributed by atoms with Crippen molar-refractivity contribution in [1.29, 1.82) is 0 Å². The maximum atomic E-state index is 12.4. The van der Waals surface area contributed by atoms with E-state index < -0.39 is 55.6 Å². The summed E-state index contributed by atoms with van der Waals surface area (Å²) in [4.78, 5) is 79.6. The fourth-order valence-corrected chi connectivity index (χ4v) is 18.0. The van der Waals surface area contributed by atoms with Crippen LogP contribution < -0.4 is 58.0 Å². The number of halogens is 7. The Morgan fingerprint density at radius 2 is 0.916 bits per heavy atom. The normalized spacial score (nSPS) is 23.9. The van der Waals surface area contributed by atoms with Crippen molar-refractivity contribution in [3.8, 4) is 46.0 Å². The number of aliphatic hydroxyl groups excluding tert-OH is 4. The zero-order valence-electron chi connectivity index (χ0n) is 75.3. The first-order valence-electron chi connectivity index (χ1n) is 41.4. The number of para-hydroxylation sites is 1. The molecule has 25 nitrogen and oxygen atoms in total. The summed E-state index contributed by atoms with van der Waals surface area (Å²) in [7, 11) is 0. The predicted octanol–water partition coefficient (Wildman–Crippen LogP) is 18.5. The Hall–Kier alpha value is -6.35. The van der Waals surface area contributed by atoms with Crippen molar-refractivity contribution in [3.05, 3.63) is 239 Å². The molecule has 700 valence electrons. The summed E-state index contributed by atoms with van der Waals surface area (Å²) < 4.78 is 79.8. The molecule has 8 aromatic carbocycles. The number of aromatic hydroxyl groups is 2. The van der Waals surface area contributed by atoms with Crippen LogP contribution in [0.2, 0.25) is 0 Å². The number of fused-ring (bicyclic) bond motifs is 11. The van der Waals surface area contributed by atoms with Crippen LogP contribution in [-0.2, 0) is 46.2 Å². The van der Waals surface area contributed by atoms with E-state index in [4.69, 9.17) is 70.4 Å². The quantitative estimate of drug-likeness (QED) is 0.0320. The first-order chi connectivity index (χ1) is 61.0. The number of rotatable bonds is 10. The Kier molecular flexibility index (Phi) is 45.2. The third kappa shape index (κ3) is 32.1. The van der Waals surface area contributed by atoms with E-state index in [9.17, 15) is 48.9 Å². The van der Waals surface area contributed by atoms with Gasteiger partial charge in [-0.2, -0.15) is 0 Å². The second kappa shape index (κ2) is 52.3. The molecular formula is C96H106BBr7MnNaO25. The molecule has 9 aliphatic heterocycles. The number of allylic oxidation sites excluding steroid dienone is 2. The number of hydrogen-bond donors (Lipinski definition) is 6. The fourth-order valence-electron chi connectivity index (χ4n) is 15.4. The van der Waals surface area contributed by atoms with Crippen molar-refractivity contribution in [2.45, 2.75) is 192 Å². The van der Waals surface area contributed by atoms with E-state index in [0.29, 0.717) is 129 Å². The van der Waals surface area contributed by atoms with Gasteiger partial charge < -0.3 is 79.4 Å². The summed E-state index contributed by atoms with van der Waals surface area (Å²) >= 11 is 22.0. The number of esters is 1. The molecular weight excluding hydrogens is 2200 g/mol. The average Bonchev–Trinajstić information content (AvgIpc) is 0.753. The van der Waals surface area contributed by atoms with E-state index in [0.717, 1.165) is 97.9 Å². The van der Waals surface area contributed by atoms with Crippen LogP contribution in [0, 0.1) is 11.8 Å².